The number of nitriles is 1. The molecule has 0 fully saturated rings. The summed E-state index contributed by atoms with van der Waals surface area (Å²) in [5.74, 6) is 1.99. The summed E-state index contributed by atoms with van der Waals surface area (Å²) in [4.78, 5) is 2.26. The Hall–Kier alpha value is -1.27. The number of hydrogen-bond acceptors (Lipinski definition) is 3. The molecule has 0 N–H and O–H groups in total. The van der Waals surface area contributed by atoms with Crippen molar-refractivity contribution in [2.45, 2.75) is 46.6 Å². The minimum Gasteiger partial charge on any atom is -0.465 e. The SMILES string of the molecule is Cc1ccc(CN(C)CCCCC(C)(C)C#N)o1. The van der Waals surface area contributed by atoms with E-state index in [2.05, 4.69) is 18.0 Å². The Morgan fingerprint density at radius 1 is 1.33 bits per heavy atom. The van der Waals surface area contributed by atoms with Crippen molar-refractivity contribution >= 4 is 0 Å². The van der Waals surface area contributed by atoms with Crippen molar-refractivity contribution in [1.29, 1.82) is 5.26 Å². The predicted octanol–water partition coefficient (Wildman–Crippen LogP) is 3.74. The van der Waals surface area contributed by atoms with Crippen molar-refractivity contribution in [1.82, 2.24) is 4.90 Å². The Bertz CT molecular complexity index is 401. The molecule has 100 valence electrons. The van der Waals surface area contributed by atoms with Gasteiger partial charge in [-0.25, -0.2) is 0 Å². The molecule has 0 saturated carbocycles. The van der Waals surface area contributed by atoms with E-state index in [0.717, 1.165) is 43.9 Å². The highest BCUT2D eigenvalue weighted by atomic mass is 16.3. The predicted molar refractivity (Wildman–Crippen MR) is 73.0 cm³/mol. The highest BCUT2D eigenvalue weighted by Gasteiger charge is 2.15. The number of unbranched alkanes of at least 4 members (excludes halogenated alkanes) is 1. The minimum absolute atomic E-state index is 0.184. The number of aryl methyl sites for hydroxylation is 1. The Morgan fingerprint density at radius 2 is 2.06 bits per heavy atom. The van der Waals surface area contributed by atoms with Crippen molar-refractivity contribution in [3.63, 3.8) is 0 Å². The molecule has 18 heavy (non-hydrogen) atoms. The van der Waals surface area contributed by atoms with Gasteiger partial charge in [0.1, 0.15) is 11.5 Å². The first-order valence-electron chi connectivity index (χ1n) is 6.58. The van der Waals surface area contributed by atoms with Crippen LogP contribution in [0, 0.1) is 23.7 Å². The average molecular weight is 248 g/mol. The molecule has 0 aliphatic carbocycles. The zero-order valence-electron chi connectivity index (χ0n) is 12.0. The summed E-state index contributed by atoms with van der Waals surface area (Å²) in [7, 11) is 2.10. The number of hydrogen-bond donors (Lipinski definition) is 0. The second kappa shape index (κ2) is 6.61. The minimum atomic E-state index is -0.184. The maximum atomic E-state index is 8.93. The molecule has 0 spiro atoms. The van der Waals surface area contributed by atoms with Crippen LogP contribution in [-0.4, -0.2) is 18.5 Å². The average Bonchev–Trinajstić information content (AvgIpc) is 2.70. The second-order valence-corrected chi connectivity index (χ2v) is 5.70. The molecule has 0 unspecified atom stereocenters. The van der Waals surface area contributed by atoms with Crippen LogP contribution in [0.5, 0.6) is 0 Å². The van der Waals surface area contributed by atoms with Crippen molar-refractivity contribution in [2.75, 3.05) is 13.6 Å². The lowest BCUT2D eigenvalue weighted by molar-refractivity contribution is 0.280. The van der Waals surface area contributed by atoms with Gasteiger partial charge in [0.15, 0.2) is 0 Å². The van der Waals surface area contributed by atoms with Crippen LogP contribution in [0.1, 0.15) is 44.6 Å². The van der Waals surface area contributed by atoms with Gasteiger partial charge in [0.25, 0.3) is 0 Å². The number of furan rings is 1. The smallest absolute Gasteiger partial charge is 0.118 e. The number of nitrogens with zero attached hydrogens (tertiary/aromatic N) is 2. The summed E-state index contributed by atoms with van der Waals surface area (Å²) in [5, 5.41) is 8.93. The van der Waals surface area contributed by atoms with Gasteiger partial charge in [0.05, 0.1) is 18.0 Å². The van der Waals surface area contributed by atoms with E-state index >= 15 is 0 Å². The van der Waals surface area contributed by atoms with E-state index in [9.17, 15) is 0 Å². The van der Waals surface area contributed by atoms with E-state index in [1.807, 2.05) is 32.9 Å². The van der Waals surface area contributed by atoms with E-state index in [0.29, 0.717) is 0 Å². The largest absolute Gasteiger partial charge is 0.465 e. The van der Waals surface area contributed by atoms with Gasteiger partial charge in [0, 0.05) is 0 Å². The lowest BCUT2D eigenvalue weighted by Crippen LogP contribution is -2.19. The fourth-order valence-corrected chi connectivity index (χ4v) is 1.92. The normalized spacial score (nSPS) is 11.8. The third-order valence-electron chi connectivity index (χ3n) is 3.12. The molecular weight excluding hydrogens is 224 g/mol. The standard InChI is InChI=1S/C15H24N2O/c1-13-7-8-14(18-13)11-17(4)10-6-5-9-15(2,3)12-16/h7-8H,5-6,9-11H2,1-4H3. The van der Waals surface area contributed by atoms with Gasteiger partial charge in [-0.1, -0.05) is 6.42 Å². The van der Waals surface area contributed by atoms with Crippen LogP contribution in [0.3, 0.4) is 0 Å². The third-order valence-corrected chi connectivity index (χ3v) is 3.12. The first kappa shape index (κ1) is 14.8. The van der Waals surface area contributed by atoms with Crippen LogP contribution in [0.2, 0.25) is 0 Å². The Labute approximate surface area is 110 Å². The Kier molecular flexibility index (Phi) is 5.43. The van der Waals surface area contributed by atoms with Gasteiger partial charge in [-0.05, 0) is 59.3 Å². The summed E-state index contributed by atoms with van der Waals surface area (Å²) in [6.45, 7) is 7.87. The zero-order valence-corrected chi connectivity index (χ0v) is 12.0. The van der Waals surface area contributed by atoms with Crippen LogP contribution in [0.25, 0.3) is 0 Å². The van der Waals surface area contributed by atoms with E-state index < -0.39 is 0 Å². The molecule has 0 amide bonds. The van der Waals surface area contributed by atoms with E-state index in [-0.39, 0.29) is 5.41 Å². The molecule has 0 saturated heterocycles. The van der Waals surface area contributed by atoms with Crippen molar-refractivity contribution in [2.24, 2.45) is 5.41 Å². The molecule has 1 aromatic heterocycles. The van der Waals surface area contributed by atoms with Crippen LogP contribution >= 0.6 is 0 Å². The molecule has 0 bridgehead atoms. The first-order chi connectivity index (χ1) is 8.43. The maximum absolute atomic E-state index is 8.93. The molecule has 1 aromatic rings. The van der Waals surface area contributed by atoms with Crippen LogP contribution in [-0.2, 0) is 6.54 Å². The first-order valence-corrected chi connectivity index (χ1v) is 6.58. The van der Waals surface area contributed by atoms with Gasteiger partial charge in [0.2, 0.25) is 0 Å². The molecule has 0 aliphatic heterocycles. The van der Waals surface area contributed by atoms with Crippen LogP contribution < -0.4 is 0 Å². The topological polar surface area (TPSA) is 40.2 Å². The second-order valence-electron chi connectivity index (χ2n) is 5.70. The molecule has 3 nitrogen and oxygen atoms in total. The third kappa shape index (κ3) is 5.37. The van der Waals surface area contributed by atoms with Crippen LogP contribution in [0.4, 0.5) is 0 Å². The molecule has 1 heterocycles. The maximum Gasteiger partial charge on any atom is 0.118 e. The summed E-state index contributed by atoms with van der Waals surface area (Å²) >= 11 is 0. The van der Waals surface area contributed by atoms with Crippen molar-refractivity contribution in [3.8, 4) is 6.07 Å². The zero-order chi connectivity index (χ0) is 13.6. The monoisotopic (exact) mass is 248 g/mol. The van der Waals surface area contributed by atoms with Gasteiger partial charge in [-0.2, -0.15) is 5.26 Å². The van der Waals surface area contributed by atoms with Crippen LogP contribution in [0.15, 0.2) is 16.5 Å². The molecular formula is C15H24N2O. The highest BCUT2D eigenvalue weighted by Crippen LogP contribution is 2.21. The van der Waals surface area contributed by atoms with E-state index in [4.69, 9.17) is 9.68 Å². The highest BCUT2D eigenvalue weighted by molar-refractivity contribution is 5.05. The molecule has 0 aromatic carbocycles. The number of rotatable bonds is 7. The van der Waals surface area contributed by atoms with Crippen molar-refractivity contribution in [3.05, 3.63) is 23.7 Å². The fraction of sp³-hybridized carbons (Fsp3) is 0.667. The quantitative estimate of drug-likeness (QED) is 0.690. The fourth-order valence-electron chi connectivity index (χ4n) is 1.92. The molecule has 3 heteroatoms. The molecule has 0 atom stereocenters. The van der Waals surface area contributed by atoms with E-state index in [1.165, 1.54) is 0 Å². The Morgan fingerprint density at radius 3 is 2.61 bits per heavy atom. The molecule has 1 rings (SSSR count). The van der Waals surface area contributed by atoms with Gasteiger partial charge >= 0.3 is 0 Å². The molecule has 0 aliphatic rings. The lowest BCUT2D eigenvalue weighted by Gasteiger charge is -2.17. The Balaban J connectivity index is 2.18. The van der Waals surface area contributed by atoms with Crippen molar-refractivity contribution < 1.29 is 4.42 Å². The van der Waals surface area contributed by atoms with Gasteiger partial charge < -0.3 is 4.42 Å². The molecule has 0 radical (unpaired) electrons. The summed E-state index contributed by atoms with van der Waals surface area (Å²) in [5.41, 5.74) is -0.184. The van der Waals surface area contributed by atoms with Gasteiger partial charge in [-0.3, -0.25) is 4.90 Å². The van der Waals surface area contributed by atoms with E-state index in [1.54, 1.807) is 0 Å². The lowest BCUT2D eigenvalue weighted by atomic mass is 9.89. The van der Waals surface area contributed by atoms with Gasteiger partial charge in [-0.15, -0.1) is 0 Å². The summed E-state index contributed by atoms with van der Waals surface area (Å²) in [6, 6.07) is 6.37. The summed E-state index contributed by atoms with van der Waals surface area (Å²) in [6.07, 6.45) is 3.20. The summed E-state index contributed by atoms with van der Waals surface area (Å²) < 4.78 is 5.55.